The van der Waals surface area contributed by atoms with Crippen LogP contribution in [0.3, 0.4) is 0 Å². The van der Waals surface area contributed by atoms with Crippen molar-refractivity contribution in [3.8, 4) is 6.07 Å². The fourth-order valence-corrected chi connectivity index (χ4v) is 3.09. The Bertz CT molecular complexity index is 950. The van der Waals surface area contributed by atoms with Crippen molar-refractivity contribution in [2.24, 2.45) is 0 Å². The van der Waals surface area contributed by atoms with Crippen LogP contribution in [-0.2, 0) is 6.54 Å². The van der Waals surface area contributed by atoms with Gasteiger partial charge in [0, 0.05) is 18.7 Å². The Morgan fingerprint density at radius 2 is 2.18 bits per heavy atom. The Morgan fingerprint density at radius 3 is 2.95 bits per heavy atom. The standard InChI is InChI=1S/C15H13N5OS/c1-2-9-19-13(21)11-6-3-4-7-12(11)20-14(19)17-18-15(20)22-10-5-8-16/h2-4,6-7H,1,5,9-10H2. The third-order valence-electron chi connectivity index (χ3n) is 3.23. The van der Waals surface area contributed by atoms with Crippen LogP contribution >= 0.6 is 11.8 Å². The number of benzene rings is 1. The van der Waals surface area contributed by atoms with E-state index in [4.69, 9.17) is 5.26 Å². The number of nitriles is 1. The topological polar surface area (TPSA) is 76.0 Å². The number of para-hydroxylation sites is 1. The number of hydrogen-bond donors (Lipinski definition) is 0. The molecule has 1 aromatic carbocycles. The highest BCUT2D eigenvalue weighted by molar-refractivity contribution is 7.99. The molecule has 0 unspecified atom stereocenters. The number of fused-ring (bicyclic) bond motifs is 3. The number of nitrogens with zero attached hydrogens (tertiary/aromatic N) is 5. The molecule has 0 aliphatic carbocycles. The summed E-state index contributed by atoms with van der Waals surface area (Å²) in [5.74, 6) is 1.12. The van der Waals surface area contributed by atoms with E-state index in [0.29, 0.717) is 35.0 Å². The molecule has 0 atom stereocenters. The Labute approximate surface area is 130 Å². The second-order valence-corrected chi connectivity index (χ2v) is 5.66. The number of aromatic nitrogens is 4. The van der Waals surface area contributed by atoms with Crippen LogP contribution in [0.25, 0.3) is 16.7 Å². The van der Waals surface area contributed by atoms with Gasteiger partial charge in [-0.1, -0.05) is 30.0 Å². The minimum atomic E-state index is -0.107. The zero-order valence-corrected chi connectivity index (χ0v) is 12.6. The first kappa shape index (κ1) is 14.4. The highest BCUT2D eigenvalue weighted by atomic mass is 32.2. The first-order valence-electron chi connectivity index (χ1n) is 6.75. The van der Waals surface area contributed by atoms with E-state index in [2.05, 4.69) is 22.8 Å². The van der Waals surface area contributed by atoms with E-state index >= 15 is 0 Å². The second-order valence-electron chi connectivity index (χ2n) is 4.60. The monoisotopic (exact) mass is 311 g/mol. The van der Waals surface area contributed by atoms with Crippen molar-refractivity contribution in [2.45, 2.75) is 18.1 Å². The lowest BCUT2D eigenvalue weighted by Crippen LogP contribution is -2.22. The van der Waals surface area contributed by atoms with Crippen LogP contribution < -0.4 is 5.56 Å². The quantitative estimate of drug-likeness (QED) is 0.410. The molecule has 110 valence electrons. The molecule has 0 aliphatic rings. The van der Waals surface area contributed by atoms with E-state index in [1.807, 2.05) is 22.6 Å². The predicted octanol–water partition coefficient (Wildman–Crippen LogP) is 2.24. The van der Waals surface area contributed by atoms with Crippen molar-refractivity contribution in [3.05, 3.63) is 47.3 Å². The van der Waals surface area contributed by atoms with E-state index in [1.165, 1.54) is 11.8 Å². The summed E-state index contributed by atoms with van der Waals surface area (Å²) in [4.78, 5) is 12.6. The van der Waals surface area contributed by atoms with Gasteiger partial charge in [-0.3, -0.25) is 13.8 Å². The van der Waals surface area contributed by atoms with Crippen molar-refractivity contribution in [1.29, 1.82) is 5.26 Å². The highest BCUT2D eigenvalue weighted by Crippen LogP contribution is 2.21. The van der Waals surface area contributed by atoms with Gasteiger partial charge in [0.25, 0.3) is 5.56 Å². The molecule has 0 radical (unpaired) electrons. The Kier molecular flexibility index (Phi) is 3.94. The first-order chi connectivity index (χ1) is 10.8. The molecule has 2 heterocycles. The zero-order chi connectivity index (χ0) is 15.5. The van der Waals surface area contributed by atoms with E-state index in [0.717, 1.165) is 5.52 Å². The minimum absolute atomic E-state index is 0.107. The number of rotatable bonds is 5. The van der Waals surface area contributed by atoms with Crippen LogP contribution in [0.5, 0.6) is 0 Å². The lowest BCUT2D eigenvalue weighted by Gasteiger charge is -2.09. The summed E-state index contributed by atoms with van der Waals surface area (Å²) in [6, 6.07) is 9.49. The largest absolute Gasteiger partial charge is 0.272 e. The zero-order valence-electron chi connectivity index (χ0n) is 11.8. The summed E-state index contributed by atoms with van der Waals surface area (Å²) in [7, 11) is 0. The van der Waals surface area contributed by atoms with Gasteiger partial charge in [0.2, 0.25) is 5.78 Å². The molecule has 0 N–H and O–H groups in total. The van der Waals surface area contributed by atoms with E-state index in [-0.39, 0.29) is 5.56 Å². The second kappa shape index (κ2) is 6.03. The van der Waals surface area contributed by atoms with Gasteiger partial charge in [0.05, 0.1) is 17.0 Å². The van der Waals surface area contributed by atoms with Crippen molar-refractivity contribution in [1.82, 2.24) is 19.2 Å². The molecule has 0 saturated heterocycles. The lowest BCUT2D eigenvalue weighted by molar-refractivity contribution is 0.783. The summed E-state index contributed by atoms with van der Waals surface area (Å²) >= 11 is 1.45. The molecule has 22 heavy (non-hydrogen) atoms. The average molecular weight is 311 g/mol. The number of thioether (sulfide) groups is 1. The van der Waals surface area contributed by atoms with Crippen LogP contribution in [-0.4, -0.2) is 24.9 Å². The maximum absolute atomic E-state index is 12.6. The maximum Gasteiger partial charge on any atom is 0.263 e. The molecule has 0 bridgehead atoms. The fourth-order valence-electron chi connectivity index (χ4n) is 2.31. The molecule has 3 rings (SSSR count). The van der Waals surface area contributed by atoms with Gasteiger partial charge >= 0.3 is 0 Å². The highest BCUT2D eigenvalue weighted by Gasteiger charge is 2.15. The molecule has 0 fully saturated rings. The van der Waals surface area contributed by atoms with Crippen LogP contribution in [0.2, 0.25) is 0 Å². The van der Waals surface area contributed by atoms with Crippen LogP contribution in [0, 0.1) is 11.3 Å². The molecular weight excluding hydrogens is 298 g/mol. The average Bonchev–Trinajstić information content (AvgIpc) is 2.96. The molecular formula is C15H13N5OS. The molecule has 3 aromatic rings. The predicted molar refractivity (Wildman–Crippen MR) is 85.9 cm³/mol. The van der Waals surface area contributed by atoms with Crippen molar-refractivity contribution in [2.75, 3.05) is 5.75 Å². The van der Waals surface area contributed by atoms with Crippen LogP contribution in [0.1, 0.15) is 6.42 Å². The van der Waals surface area contributed by atoms with E-state index in [9.17, 15) is 4.79 Å². The summed E-state index contributed by atoms with van der Waals surface area (Å²) < 4.78 is 3.42. The van der Waals surface area contributed by atoms with Gasteiger partial charge in [0.15, 0.2) is 5.16 Å². The Morgan fingerprint density at radius 1 is 1.36 bits per heavy atom. The Balaban J connectivity index is 2.31. The Hall–Kier alpha value is -2.59. The van der Waals surface area contributed by atoms with Gasteiger partial charge < -0.3 is 0 Å². The molecule has 0 aliphatic heterocycles. The third-order valence-corrected chi connectivity index (χ3v) is 4.17. The summed E-state index contributed by atoms with van der Waals surface area (Å²) in [5, 5.41) is 18.3. The smallest absolute Gasteiger partial charge is 0.263 e. The van der Waals surface area contributed by atoms with Crippen molar-refractivity contribution in [3.63, 3.8) is 0 Å². The van der Waals surface area contributed by atoms with Gasteiger partial charge in [-0.05, 0) is 12.1 Å². The fraction of sp³-hybridized carbons (Fsp3) is 0.200. The number of allylic oxidation sites excluding steroid dienone is 1. The SMILES string of the molecule is C=CCn1c(=O)c2ccccc2n2c(SCCC#N)nnc12. The van der Waals surface area contributed by atoms with Crippen molar-refractivity contribution < 1.29 is 0 Å². The molecule has 0 amide bonds. The van der Waals surface area contributed by atoms with Gasteiger partial charge in [-0.15, -0.1) is 16.8 Å². The first-order valence-corrected chi connectivity index (χ1v) is 7.74. The van der Waals surface area contributed by atoms with Crippen LogP contribution in [0.15, 0.2) is 46.9 Å². The minimum Gasteiger partial charge on any atom is -0.272 e. The van der Waals surface area contributed by atoms with E-state index < -0.39 is 0 Å². The van der Waals surface area contributed by atoms with Gasteiger partial charge in [-0.2, -0.15) is 5.26 Å². The lowest BCUT2D eigenvalue weighted by atomic mass is 10.2. The summed E-state index contributed by atoms with van der Waals surface area (Å²) in [5.41, 5.74) is 0.663. The van der Waals surface area contributed by atoms with E-state index in [1.54, 1.807) is 16.7 Å². The van der Waals surface area contributed by atoms with Crippen molar-refractivity contribution >= 4 is 28.4 Å². The molecule has 7 heteroatoms. The normalized spacial score (nSPS) is 10.9. The molecule has 2 aromatic heterocycles. The summed E-state index contributed by atoms with van der Waals surface area (Å²) in [6.45, 7) is 4.06. The maximum atomic E-state index is 12.6. The van der Waals surface area contributed by atoms with Crippen LogP contribution in [0.4, 0.5) is 0 Å². The third kappa shape index (κ3) is 2.27. The number of hydrogen-bond acceptors (Lipinski definition) is 5. The molecule has 0 spiro atoms. The van der Waals surface area contributed by atoms with Gasteiger partial charge in [0.1, 0.15) is 0 Å². The molecule has 6 nitrogen and oxygen atoms in total. The summed E-state index contributed by atoms with van der Waals surface area (Å²) in [6.07, 6.45) is 2.09. The van der Waals surface area contributed by atoms with Gasteiger partial charge in [-0.25, -0.2) is 0 Å². The molecule has 0 saturated carbocycles.